The average molecular weight is 191 g/mol. The highest BCUT2D eigenvalue weighted by Crippen LogP contribution is 1.87. The molecule has 0 aliphatic rings. The van der Waals surface area contributed by atoms with Gasteiger partial charge in [0.1, 0.15) is 11.8 Å². The highest BCUT2D eigenvalue weighted by atomic mass is 32.1. The molecule has 0 saturated heterocycles. The van der Waals surface area contributed by atoms with E-state index in [1.807, 2.05) is 0 Å². The molecule has 0 fully saturated rings. The van der Waals surface area contributed by atoms with Crippen molar-refractivity contribution in [3.8, 4) is 0 Å². The summed E-state index contributed by atoms with van der Waals surface area (Å²) < 4.78 is 0. The molecule has 0 spiro atoms. The molecule has 0 aliphatic carbocycles. The Hall–Kier alpha value is -0.550. The number of carbonyl (C=O) groups is 2. The standard InChI is InChI=1S/C7H13NO3S/c1-5(7(10)11)8-4-6(9)2-3-12/h5,8,12H,2-4H2,1H3,(H,10,11)/t5-/m0/s1. The van der Waals surface area contributed by atoms with Crippen LogP contribution in [-0.2, 0) is 9.59 Å². The minimum Gasteiger partial charge on any atom is -0.480 e. The number of thiol groups is 1. The number of nitrogens with one attached hydrogen (secondary N) is 1. The Morgan fingerprint density at radius 1 is 1.58 bits per heavy atom. The summed E-state index contributed by atoms with van der Waals surface area (Å²) >= 11 is 3.88. The number of hydrogen-bond donors (Lipinski definition) is 3. The van der Waals surface area contributed by atoms with Crippen molar-refractivity contribution in [3.05, 3.63) is 0 Å². The Bertz CT molecular complexity index is 172. The normalized spacial score (nSPS) is 12.5. The second kappa shape index (κ2) is 6.02. The lowest BCUT2D eigenvalue weighted by molar-refractivity contribution is -0.139. The molecule has 0 aromatic rings. The predicted molar refractivity (Wildman–Crippen MR) is 48.6 cm³/mol. The third kappa shape index (κ3) is 5.15. The van der Waals surface area contributed by atoms with Gasteiger partial charge in [0.05, 0.1) is 6.54 Å². The zero-order valence-corrected chi connectivity index (χ0v) is 7.80. The van der Waals surface area contributed by atoms with Crippen LogP contribution in [0.4, 0.5) is 0 Å². The summed E-state index contributed by atoms with van der Waals surface area (Å²) in [4.78, 5) is 21.1. The Morgan fingerprint density at radius 3 is 2.58 bits per heavy atom. The fourth-order valence-corrected chi connectivity index (χ4v) is 0.817. The van der Waals surface area contributed by atoms with Crippen molar-refractivity contribution < 1.29 is 14.7 Å². The van der Waals surface area contributed by atoms with Gasteiger partial charge in [-0.25, -0.2) is 0 Å². The van der Waals surface area contributed by atoms with Crippen molar-refractivity contribution in [1.82, 2.24) is 5.32 Å². The lowest BCUT2D eigenvalue weighted by Gasteiger charge is -2.06. The van der Waals surface area contributed by atoms with Gasteiger partial charge >= 0.3 is 5.97 Å². The zero-order valence-electron chi connectivity index (χ0n) is 6.91. The number of rotatable bonds is 6. The van der Waals surface area contributed by atoms with Gasteiger partial charge in [-0.15, -0.1) is 0 Å². The van der Waals surface area contributed by atoms with Gasteiger partial charge in [0.15, 0.2) is 0 Å². The van der Waals surface area contributed by atoms with E-state index in [2.05, 4.69) is 17.9 Å². The van der Waals surface area contributed by atoms with E-state index in [9.17, 15) is 9.59 Å². The maximum Gasteiger partial charge on any atom is 0.320 e. The largest absolute Gasteiger partial charge is 0.480 e. The van der Waals surface area contributed by atoms with Crippen LogP contribution in [0.5, 0.6) is 0 Å². The fraction of sp³-hybridized carbons (Fsp3) is 0.714. The highest BCUT2D eigenvalue weighted by Gasteiger charge is 2.10. The first-order valence-corrected chi connectivity index (χ1v) is 4.30. The molecule has 2 N–H and O–H groups in total. The molecule has 1 atom stereocenters. The van der Waals surface area contributed by atoms with Gasteiger partial charge in [0.25, 0.3) is 0 Å². The Morgan fingerprint density at radius 2 is 2.17 bits per heavy atom. The van der Waals surface area contributed by atoms with E-state index in [1.165, 1.54) is 6.92 Å². The summed E-state index contributed by atoms with van der Waals surface area (Å²) in [5.74, 6) is -0.464. The van der Waals surface area contributed by atoms with Gasteiger partial charge in [0, 0.05) is 6.42 Å². The van der Waals surface area contributed by atoms with Gasteiger partial charge in [-0.3, -0.25) is 14.9 Å². The zero-order chi connectivity index (χ0) is 9.56. The maximum absolute atomic E-state index is 10.9. The maximum atomic E-state index is 10.9. The number of ketones is 1. The van der Waals surface area contributed by atoms with Crippen molar-refractivity contribution in [2.24, 2.45) is 0 Å². The van der Waals surface area contributed by atoms with Crippen molar-refractivity contribution in [2.75, 3.05) is 12.3 Å². The van der Waals surface area contributed by atoms with E-state index in [1.54, 1.807) is 0 Å². The fourth-order valence-electron chi connectivity index (χ4n) is 0.567. The molecular weight excluding hydrogens is 178 g/mol. The lowest BCUT2D eigenvalue weighted by atomic mass is 10.3. The molecule has 0 aromatic carbocycles. The summed E-state index contributed by atoms with van der Waals surface area (Å²) in [6.07, 6.45) is 0.377. The summed E-state index contributed by atoms with van der Waals surface area (Å²) in [5, 5.41) is 11.0. The number of Topliss-reactive ketones (excluding diaryl/α,β-unsaturated/α-hetero) is 1. The van der Waals surface area contributed by atoms with Crippen LogP contribution in [0, 0.1) is 0 Å². The number of hydrogen-bond acceptors (Lipinski definition) is 4. The monoisotopic (exact) mass is 191 g/mol. The SMILES string of the molecule is C[C@H](NCC(=O)CCS)C(=O)O. The summed E-state index contributed by atoms with van der Waals surface area (Å²) in [7, 11) is 0. The van der Waals surface area contributed by atoms with Crippen molar-refractivity contribution in [1.29, 1.82) is 0 Å². The van der Waals surface area contributed by atoms with Crippen LogP contribution in [0.2, 0.25) is 0 Å². The van der Waals surface area contributed by atoms with E-state index < -0.39 is 12.0 Å². The van der Waals surface area contributed by atoms with Crippen LogP contribution < -0.4 is 5.32 Å². The second-order valence-electron chi connectivity index (χ2n) is 2.45. The van der Waals surface area contributed by atoms with E-state index >= 15 is 0 Å². The van der Waals surface area contributed by atoms with Gasteiger partial charge in [0.2, 0.25) is 0 Å². The van der Waals surface area contributed by atoms with Gasteiger partial charge in [-0.05, 0) is 12.7 Å². The van der Waals surface area contributed by atoms with Crippen molar-refractivity contribution >= 4 is 24.4 Å². The van der Waals surface area contributed by atoms with E-state index in [-0.39, 0.29) is 12.3 Å². The van der Waals surface area contributed by atoms with Gasteiger partial charge in [-0.2, -0.15) is 12.6 Å². The number of carboxylic acids is 1. The van der Waals surface area contributed by atoms with Crippen LogP contribution in [0.1, 0.15) is 13.3 Å². The van der Waals surface area contributed by atoms with Crippen molar-refractivity contribution in [2.45, 2.75) is 19.4 Å². The molecule has 0 rings (SSSR count). The first kappa shape index (κ1) is 11.4. The van der Waals surface area contributed by atoms with Crippen molar-refractivity contribution in [3.63, 3.8) is 0 Å². The molecular formula is C7H13NO3S. The van der Waals surface area contributed by atoms with Crippen LogP contribution >= 0.6 is 12.6 Å². The topological polar surface area (TPSA) is 66.4 Å². The van der Waals surface area contributed by atoms with Crippen LogP contribution in [0.25, 0.3) is 0 Å². The molecule has 70 valence electrons. The Balaban J connectivity index is 3.54. The average Bonchev–Trinajstić information content (AvgIpc) is 2.00. The molecule has 0 unspecified atom stereocenters. The third-order valence-electron chi connectivity index (χ3n) is 1.37. The molecule has 0 aliphatic heterocycles. The number of carbonyl (C=O) groups excluding carboxylic acids is 1. The number of aliphatic carboxylic acids is 1. The molecule has 0 aromatic heterocycles. The van der Waals surface area contributed by atoms with Crippen LogP contribution in [0.3, 0.4) is 0 Å². The minimum atomic E-state index is -0.950. The molecule has 0 saturated carbocycles. The van der Waals surface area contributed by atoms with E-state index in [0.29, 0.717) is 12.2 Å². The summed E-state index contributed by atoms with van der Waals surface area (Å²) in [6, 6.07) is -0.672. The molecule has 5 heteroatoms. The molecule has 12 heavy (non-hydrogen) atoms. The summed E-state index contributed by atoms with van der Waals surface area (Å²) in [5.41, 5.74) is 0. The minimum absolute atomic E-state index is 0.0156. The first-order valence-electron chi connectivity index (χ1n) is 3.66. The summed E-state index contributed by atoms with van der Waals surface area (Å²) in [6.45, 7) is 1.60. The Labute approximate surface area is 76.8 Å². The molecule has 0 bridgehead atoms. The molecule has 0 amide bonds. The second-order valence-corrected chi connectivity index (χ2v) is 2.90. The molecule has 0 heterocycles. The van der Waals surface area contributed by atoms with Gasteiger partial charge < -0.3 is 5.11 Å². The van der Waals surface area contributed by atoms with E-state index in [4.69, 9.17) is 5.11 Å². The quantitative estimate of drug-likeness (QED) is 0.514. The van der Waals surface area contributed by atoms with Gasteiger partial charge in [-0.1, -0.05) is 0 Å². The van der Waals surface area contributed by atoms with Crippen LogP contribution in [-0.4, -0.2) is 35.2 Å². The van der Waals surface area contributed by atoms with E-state index in [0.717, 1.165) is 0 Å². The lowest BCUT2D eigenvalue weighted by Crippen LogP contribution is -2.37. The predicted octanol–water partition coefficient (Wildman–Crippen LogP) is -0.0619. The first-order chi connectivity index (χ1) is 5.57. The number of carboxylic acid groups (broad SMARTS) is 1. The molecule has 0 radical (unpaired) electrons. The smallest absolute Gasteiger partial charge is 0.320 e. The highest BCUT2D eigenvalue weighted by molar-refractivity contribution is 7.80. The molecule has 4 nitrogen and oxygen atoms in total. The Kier molecular flexibility index (Phi) is 5.74. The third-order valence-corrected chi connectivity index (χ3v) is 1.59. The van der Waals surface area contributed by atoms with Crippen LogP contribution in [0.15, 0.2) is 0 Å².